The van der Waals surface area contributed by atoms with Crippen LogP contribution in [0.5, 0.6) is 23.0 Å². The first kappa shape index (κ1) is 25.7. The number of halogens is 3. The summed E-state index contributed by atoms with van der Waals surface area (Å²) in [5.74, 6) is 1.50. The van der Waals surface area contributed by atoms with Gasteiger partial charge in [0.15, 0.2) is 16.6 Å². The Hall–Kier alpha value is -2.92. The number of ether oxygens (including phenoxy) is 4. The fraction of sp³-hybridized carbons (Fsp3) is 0.435. The number of methoxy groups -OCH3 is 3. The second-order valence-electron chi connectivity index (χ2n) is 7.76. The van der Waals surface area contributed by atoms with E-state index in [9.17, 15) is 13.2 Å². The lowest BCUT2D eigenvalue weighted by molar-refractivity contribution is -0.274. The van der Waals surface area contributed by atoms with Gasteiger partial charge in [0.05, 0.1) is 21.3 Å². The highest BCUT2D eigenvalue weighted by Gasteiger charge is 2.31. The van der Waals surface area contributed by atoms with Gasteiger partial charge in [-0.05, 0) is 54.9 Å². The molecule has 1 heterocycles. The number of hydrogen-bond acceptors (Lipinski definition) is 6. The van der Waals surface area contributed by atoms with Gasteiger partial charge >= 0.3 is 6.36 Å². The lowest BCUT2D eigenvalue weighted by Gasteiger charge is -2.33. The Labute approximate surface area is 202 Å². The first-order valence-corrected chi connectivity index (χ1v) is 11.1. The Kier molecular flexibility index (Phi) is 8.67. The predicted molar refractivity (Wildman–Crippen MR) is 127 cm³/mol. The van der Waals surface area contributed by atoms with Crippen molar-refractivity contribution >= 4 is 23.0 Å². The van der Waals surface area contributed by atoms with Gasteiger partial charge in [-0.25, -0.2) is 0 Å². The molecule has 1 fully saturated rings. The molecule has 0 amide bonds. The summed E-state index contributed by atoms with van der Waals surface area (Å²) in [6, 6.07) is 9.62. The summed E-state index contributed by atoms with van der Waals surface area (Å²) < 4.78 is 57.4. The molecule has 2 aromatic rings. The number of rotatable bonds is 8. The van der Waals surface area contributed by atoms with E-state index in [0.717, 1.165) is 38.0 Å². The van der Waals surface area contributed by atoms with Crippen LogP contribution < -0.4 is 29.6 Å². The van der Waals surface area contributed by atoms with E-state index >= 15 is 0 Å². The van der Waals surface area contributed by atoms with Crippen molar-refractivity contribution in [2.24, 2.45) is 0 Å². The highest BCUT2D eigenvalue weighted by atomic mass is 32.1. The van der Waals surface area contributed by atoms with Crippen LogP contribution in [0.3, 0.4) is 0 Å². The molecule has 11 heteroatoms. The van der Waals surface area contributed by atoms with E-state index in [1.54, 1.807) is 27.4 Å². The van der Waals surface area contributed by atoms with Gasteiger partial charge in [-0.15, -0.1) is 13.2 Å². The van der Waals surface area contributed by atoms with Crippen LogP contribution in [0, 0.1) is 0 Å². The second kappa shape index (κ2) is 11.5. The van der Waals surface area contributed by atoms with Crippen molar-refractivity contribution in [3.63, 3.8) is 0 Å². The summed E-state index contributed by atoms with van der Waals surface area (Å²) in [6.07, 6.45) is -3.01. The molecule has 1 aliphatic rings. The monoisotopic (exact) mass is 499 g/mol. The molecule has 2 aromatic carbocycles. The summed E-state index contributed by atoms with van der Waals surface area (Å²) in [6.45, 7) is 2.44. The summed E-state index contributed by atoms with van der Waals surface area (Å²) in [5.41, 5.74) is 1.47. The molecule has 0 atom stereocenters. The average molecular weight is 500 g/mol. The van der Waals surface area contributed by atoms with Gasteiger partial charge in [-0.3, -0.25) is 4.90 Å². The van der Waals surface area contributed by atoms with E-state index in [1.807, 2.05) is 12.1 Å². The number of nitrogens with zero attached hydrogens (tertiary/aromatic N) is 1. The molecule has 34 heavy (non-hydrogen) atoms. The molecular formula is C23H28F3N3O4S. The molecule has 1 aliphatic heterocycles. The minimum absolute atomic E-state index is 0.158. The fourth-order valence-corrected chi connectivity index (χ4v) is 4.13. The third kappa shape index (κ3) is 7.29. The van der Waals surface area contributed by atoms with Crippen molar-refractivity contribution in [3.8, 4) is 23.0 Å². The second-order valence-corrected chi connectivity index (χ2v) is 8.17. The number of benzene rings is 2. The maximum atomic E-state index is 12.4. The van der Waals surface area contributed by atoms with Crippen molar-refractivity contribution in [1.82, 2.24) is 10.2 Å². The number of nitrogens with one attached hydrogen (secondary N) is 2. The van der Waals surface area contributed by atoms with E-state index in [2.05, 4.69) is 20.3 Å². The molecule has 0 spiro atoms. The summed E-state index contributed by atoms with van der Waals surface area (Å²) in [5, 5.41) is 6.52. The SMILES string of the molecule is COc1cc(CN2CCC(NC(=S)Nc3cccc(OC(F)(F)F)c3)CC2)cc(OC)c1OC. The molecule has 1 saturated heterocycles. The summed E-state index contributed by atoms with van der Waals surface area (Å²) in [4.78, 5) is 2.33. The zero-order valence-electron chi connectivity index (χ0n) is 19.2. The predicted octanol–water partition coefficient (Wildman–Crippen LogP) is 4.56. The van der Waals surface area contributed by atoms with Crippen molar-refractivity contribution in [2.45, 2.75) is 31.8 Å². The Morgan fingerprint density at radius 2 is 1.68 bits per heavy atom. The van der Waals surface area contributed by atoms with Gasteiger partial charge in [0.25, 0.3) is 0 Å². The van der Waals surface area contributed by atoms with Crippen LogP contribution in [-0.2, 0) is 6.54 Å². The molecule has 0 bridgehead atoms. The van der Waals surface area contributed by atoms with Crippen molar-refractivity contribution in [2.75, 3.05) is 39.7 Å². The van der Waals surface area contributed by atoms with Crippen LogP contribution in [0.4, 0.5) is 18.9 Å². The highest BCUT2D eigenvalue weighted by molar-refractivity contribution is 7.80. The molecule has 0 saturated carbocycles. The summed E-state index contributed by atoms with van der Waals surface area (Å²) >= 11 is 5.34. The van der Waals surface area contributed by atoms with E-state index in [1.165, 1.54) is 18.2 Å². The Balaban J connectivity index is 1.50. The Bertz CT molecular complexity index is 957. The molecule has 186 valence electrons. The first-order chi connectivity index (χ1) is 16.2. The van der Waals surface area contributed by atoms with Crippen LogP contribution >= 0.6 is 12.2 Å². The number of alkyl halides is 3. The van der Waals surface area contributed by atoms with E-state index < -0.39 is 6.36 Å². The minimum Gasteiger partial charge on any atom is -0.493 e. The number of likely N-dealkylation sites (tertiary alicyclic amines) is 1. The molecule has 7 nitrogen and oxygen atoms in total. The van der Waals surface area contributed by atoms with Gasteiger partial charge < -0.3 is 29.6 Å². The smallest absolute Gasteiger partial charge is 0.493 e. The van der Waals surface area contributed by atoms with E-state index in [4.69, 9.17) is 26.4 Å². The number of anilines is 1. The zero-order valence-corrected chi connectivity index (χ0v) is 20.0. The topological polar surface area (TPSA) is 64.2 Å². The van der Waals surface area contributed by atoms with Gasteiger partial charge in [-0.1, -0.05) is 6.07 Å². The number of thiocarbonyl (C=S) groups is 1. The van der Waals surface area contributed by atoms with Crippen LogP contribution in [0.1, 0.15) is 18.4 Å². The van der Waals surface area contributed by atoms with Crippen LogP contribution in [0.25, 0.3) is 0 Å². The van der Waals surface area contributed by atoms with Gasteiger partial charge in [0.1, 0.15) is 5.75 Å². The van der Waals surface area contributed by atoms with Crippen molar-refractivity contribution in [1.29, 1.82) is 0 Å². The van der Waals surface area contributed by atoms with Gasteiger partial charge in [0.2, 0.25) is 5.75 Å². The molecule has 0 aliphatic carbocycles. The average Bonchev–Trinajstić information content (AvgIpc) is 2.78. The molecular weight excluding hydrogens is 471 g/mol. The van der Waals surface area contributed by atoms with Crippen molar-refractivity contribution in [3.05, 3.63) is 42.0 Å². The third-order valence-corrected chi connectivity index (χ3v) is 5.60. The number of hydrogen-bond donors (Lipinski definition) is 2. The maximum Gasteiger partial charge on any atom is 0.573 e. The Morgan fingerprint density at radius 1 is 1.03 bits per heavy atom. The normalized spacial score (nSPS) is 14.9. The number of piperidine rings is 1. The third-order valence-electron chi connectivity index (χ3n) is 5.38. The lowest BCUT2D eigenvalue weighted by atomic mass is 10.0. The Morgan fingerprint density at radius 3 is 2.24 bits per heavy atom. The zero-order chi connectivity index (χ0) is 24.7. The maximum absolute atomic E-state index is 12.4. The standard InChI is InChI=1S/C23H28F3N3O4S/c1-30-19-11-15(12-20(31-2)21(19)32-3)14-29-9-7-16(8-10-29)27-22(34)28-17-5-4-6-18(13-17)33-23(24,25)26/h4-6,11-13,16H,7-10,14H2,1-3H3,(H2,27,28,34). The fourth-order valence-electron chi connectivity index (χ4n) is 3.84. The van der Waals surface area contributed by atoms with E-state index in [-0.39, 0.29) is 11.8 Å². The van der Waals surface area contributed by atoms with Gasteiger partial charge in [0, 0.05) is 37.4 Å². The lowest BCUT2D eigenvalue weighted by Crippen LogP contribution is -2.45. The molecule has 0 radical (unpaired) electrons. The quantitative estimate of drug-likeness (QED) is 0.513. The van der Waals surface area contributed by atoms with Crippen LogP contribution in [0.15, 0.2) is 36.4 Å². The molecule has 0 unspecified atom stereocenters. The van der Waals surface area contributed by atoms with Crippen molar-refractivity contribution < 1.29 is 32.1 Å². The molecule has 2 N–H and O–H groups in total. The molecule has 0 aromatic heterocycles. The van der Waals surface area contributed by atoms with Crippen LogP contribution in [0.2, 0.25) is 0 Å². The highest BCUT2D eigenvalue weighted by Crippen LogP contribution is 2.38. The minimum atomic E-state index is -4.74. The van der Waals surface area contributed by atoms with Gasteiger partial charge in [-0.2, -0.15) is 0 Å². The summed E-state index contributed by atoms with van der Waals surface area (Å²) in [7, 11) is 4.76. The van der Waals surface area contributed by atoms with E-state index in [0.29, 0.717) is 28.0 Å². The first-order valence-electron chi connectivity index (χ1n) is 10.6. The largest absolute Gasteiger partial charge is 0.573 e. The molecule has 3 rings (SSSR count). The van der Waals surface area contributed by atoms with Crippen LogP contribution in [-0.4, -0.2) is 56.8 Å².